The highest BCUT2D eigenvalue weighted by molar-refractivity contribution is 5.88. The Morgan fingerprint density at radius 2 is 1.81 bits per heavy atom. The monoisotopic (exact) mass is 347 g/mol. The first-order valence-electron chi connectivity index (χ1n) is 9.05. The van der Waals surface area contributed by atoms with Crippen LogP contribution in [0.5, 0.6) is 5.75 Å². The summed E-state index contributed by atoms with van der Waals surface area (Å²) in [4.78, 5) is 12.4. The highest BCUT2D eigenvalue weighted by Gasteiger charge is 2.15. The number of hydrogen-bond acceptors (Lipinski definition) is 2. The maximum absolute atomic E-state index is 12.4. The predicted molar refractivity (Wildman–Crippen MR) is 107 cm³/mol. The average Bonchev–Trinajstić information content (AvgIpc) is 2.65. The van der Waals surface area contributed by atoms with Gasteiger partial charge in [-0.2, -0.15) is 0 Å². The highest BCUT2D eigenvalue weighted by atomic mass is 16.5. The van der Waals surface area contributed by atoms with Crippen LogP contribution < -0.4 is 10.1 Å². The van der Waals surface area contributed by atoms with Crippen LogP contribution in [0, 0.1) is 13.8 Å². The van der Waals surface area contributed by atoms with Crippen molar-refractivity contribution < 1.29 is 9.53 Å². The molecule has 3 nitrogen and oxygen atoms in total. The average molecular weight is 347 g/mol. The van der Waals surface area contributed by atoms with E-state index in [4.69, 9.17) is 4.74 Å². The van der Waals surface area contributed by atoms with Gasteiger partial charge in [-0.1, -0.05) is 67.1 Å². The second kappa shape index (κ2) is 8.05. The predicted octanol–water partition coefficient (Wildman–Crippen LogP) is 5.10. The van der Waals surface area contributed by atoms with Crippen molar-refractivity contribution in [3.8, 4) is 5.75 Å². The van der Waals surface area contributed by atoms with Crippen molar-refractivity contribution >= 4 is 16.7 Å². The van der Waals surface area contributed by atoms with Crippen molar-refractivity contribution in [1.82, 2.24) is 5.32 Å². The molecule has 0 spiro atoms. The van der Waals surface area contributed by atoms with E-state index in [1.54, 1.807) is 0 Å². The number of carbonyl (C=O) groups excluding carboxylic acids is 1. The van der Waals surface area contributed by atoms with E-state index in [1.807, 2.05) is 42.5 Å². The van der Waals surface area contributed by atoms with Crippen molar-refractivity contribution in [2.75, 3.05) is 6.61 Å². The Kier molecular flexibility index (Phi) is 5.57. The first kappa shape index (κ1) is 18.0. The minimum absolute atomic E-state index is 0.000725. The molecule has 0 saturated heterocycles. The molecule has 3 aromatic rings. The molecule has 1 N–H and O–H groups in total. The molecule has 134 valence electrons. The van der Waals surface area contributed by atoms with Crippen LogP contribution in [-0.4, -0.2) is 12.5 Å². The molecule has 0 saturated carbocycles. The summed E-state index contributed by atoms with van der Waals surface area (Å²) in [6.07, 6.45) is 0.837. The van der Waals surface area contributed by atoms with Crippen LogP contribution in [-0.2, 0) is 4.79 Å². The van der Waals surface area contributed by atoms with Crippen molar-refractivity contribution in [3.63, 3.8) is 0 Å². The molecule has 26 heavy (non-hydrogen) atoms. The van der Waals surface area contributed by atoms with Gasteiger partial charge in [-0.05, 0) is 42.8 Å². The molecule has 3 rings (SSSR count). The minimum Gasteiger partial charge on any atom is -0.483 e. The standard InChI is InChI=1S/C23H25NO2/c1-4-21(19-13-12-16(2)14-17(19)3)24-23(25)15-26-22-11-7-9-18-8-5-6-10-20(18)22/h5-14,21H,4,15H2,1-3H3,(H,24,25). The number of amides is 1. The summed E-state index contributed by atoms with van der Waals surface area (Å²) in [5.41, 5.74) is 3.59. The number of hydrogen-bond donors (Lipinski definition) is 1. The van der Waals surface area contributed by atoms with Gasteiger partial charge in [0.2, 0.25) is 0 Å². The Balaban J connectivity index is 1.67. The lowest BCUT2D eigenvalue weighted by molar-refractivity contribution is -0.123. The lowest BCUT2D eigenvalue weighted by Gasteiger charge is -2.20. The third-order valence-electron chi connectivity index (χ3n) is 4.65. The molecule has 0 bridgehead atoms. The summed E-state index contributed by atoms with van der Waals surface area (Å²) in [6, 6.07) is 20.2. The Morgan fingerprint density at radius 3 is 2.58 bits per heavy atom. The van der Waals surface area contributed by atoms with Gasteiger partial charge in [-0.3, -0.25) is 4.79 Å². The van der Waals surface area contributed by atoms with Crippen molar-refractivity contribution in [2.45, 2.75) is 33.2 Å². The van der Waals surface area contributed by atoms with E-state index in [0.29, 0.717) is 0 Å². The number of benzene rings is 3. The molecule has 0 aliphatic heterocycles. The van der Waals surface area contributed by atoms with Gasteiger partial charge >= 0.3 is 0 Å². The van der Waals surface area contributed by atoms with Crippen molar-refractivity contribution in [2.24, 2.45) is 0 Å². The van der Waals surface area contributed by atoms with Crippen LogP contribution in [0.15, 0.2) is 60.7 Å². The molecule has 0 radical (unpaired) electrons. The molecular formula is C23H25NO2. The smallest absolute Gasteiger partial charge is 0.258 e. The van der Waals surface area contributed by atoms with E-state index in [1.165, 1.54) is 11.1 Å². The van der Waals surface area contributed by atoms with Crippen LogP contribution in [0.1, 0.15) is 36.1 Å². The molecule has 1 unspecified atom stereocenters. The van der Waals surface area contributed by atoms with E-state index in [-0.39, 0.29) is 18.6 Å². The van der Waals surface area contributed by atoms with Gasteiger partial charge in [0.05, 0.1) is 6.04 Å². The van der Waals surface area contributed by atoms with Gasteiger partial charge in [-0.25, -0.2) is 0 Å². The topological polar surface area (TPSA) is 38.3 Å². The van der Waals surface area contributed by atoms with Gasteiger partial charge in [0.25, 0.3) is 5.91 Å². The Hall–Kier alpha value is -2.81. The zero-order valence-electron chi connectivity index (χ0n) is 15.6. The Labute approximate surface area is 155 Å². The first-order valence-corrected chi connectivity index (χ1v) is 9.05. The van der Waals surface area contributed by atoms with Gasteiger partial charge < -0.3 is 10.1 Å². The fourth-order valence-electron chi connectivity index (χ4n) is 3.32. The van der Waals surface area contributed by atoms with E-state index in [2.05, 4.69) is 44.3 Å². The second-order valence-electron chi connectivity index (χ2n) is 6.65. The minimum atomic E-state index is -0.107. The van der Waals surface area contributed by atoms with Crippen LogP contribution >= 0.6 is 0 Å². The van der Waals surface area contributed by atoms with Crippen molar-refractivity contribution in [1.29, 1.82) is 0 Å². The van der Waals surface area contributed by atoms with Gasteiger partial charge in [-0.15, -0.1) is 0 Å². The second-order valence-corrected chi connectivity index (χ2v) is 6.65. The molecule has 0 heterocycles. The van der Waals surface area contributed by atoms with Crippen LogP contribution in [0.25, 0.3) is 10.8 Å². The normalized spacial score (nSPS) is 12.0. The number of fused-ring (bicyclic) bond motifs is 1. The molecule has 0 aliphatic carbocycles. The largest absolute Gasteiger partial charge is 0.483 e. The summed E-state index contributed by atoms with van der Waals surface area (Å²) < 4.78 is 5.80. The third-order valence-corrected chi connectivity index (χ3v) is 4.65. The molecule has 1 atom stereocenters. The third kappa shape index (κ3) is 4.05. The zero-order chi connectivity index (χ0) is 18.5. The Bertz CT molecular complexity index is 912. The summed E-state index contributed by atoms with van der Waals surface area (Å²) in [7, 11) is 0. The summed E-state index contributed by atoms with van der Waals surface area (Å²) in [6.45, 7) is 6.25. The van der Waals surface area contributed by atoms with Crippen LogP contribution in [0.2, 0.25) is 0 Å². The van der Waals surface area contributed by atoms with Crippen molar-refractivity contribution in [3.05, 3.63) is 77.4 Å². The number of aryl methyl sites for hydroxylation is 2. The number of ether oxygens (including phenoxy) is 1. The molecule has 3 heteroatoms. The first-order chi connectivity index (χ1) is 12.6. The Morgan fingerprint density at radius 1 is 1.04 bits per heavy atom. The maximum atomic E-state index is 12.4. The molecule has 0 aromatic heterocycles. The van der Waals surface area contributed by atoms with E-state index in [9.17, 15) is 4.79 Å². The van der Waals surface area contributed by atoms with Gasteiger partial charge in [0.1, 0.15) is 5.75 Å². The molecule has 1 amide bonds. The summed E-state index contributed by atoms with van der Waals surface area (Å²) in [5.74, 6) is 0.627. The molecular weight excluding hydrogens is 322 g/mol. The number of rotatable bonds is 6. The SMILES string of the molecule is CCC(NC(=O)COc1cccc2ccccc12)c1ccc(C)cc1C. The van der Waals surface area contributed by atoms with Crippen LogP contribution in [0.4, 0.5) is 0 Å². The lowest BCUT2D eigenvalue weighted by atomic mass is 9.97. The van der Waals surface area contributed by atoms with Gasteiger partial charge in [0.15, 0.2) is 6.61 Å². The fraction of sp³-hybridized carbons (Fsp3) is 0.261. The van der Waals surface area contributed by atoms with Gasteiger partial charge in [0, 0.05) is 5.39 Å². The summed E-state index contributed by atoms with van der Waals surface area (Å²) >= 11 is 0. The molecule has 0 fully saturated rings. The quantitative estimate of drug-likeness (QED) is 0.673. The fourth-order valence-corrected chi connectivity index (χ4v) is 3.32. The highest BCUT2D eigenvalue weighted by Crippen LogP contribution is 2.25. The lowest BCUT2D eigenvalue weighted by Crippen LogP contribution is -2.32. The molecule has 0 aliphatic rings. The molecule has 3 aromatic carbocycles. The maximum Gasteiger partial charge on any atom is 0.258 e. The van der Waals surface area contributed by atoms with E-state index >= 15 is 0 Å². The number of carbonyl (C=O) groups is 1. The summed E-state index contributed by atoms with van der Waals surface area (Å²) in [5, 5.41) is 5.22. The zero-order valence-corrected chi connectivity index (χ0v) is 15.6. The number of nitrogens with one attached hydrogen (secondary N) is 1. The van der Waals surface area contributed by atoms with Crippen LogP contribution in [0.3, 0.4) is 0 Å². The van der Waals surface area contributed by atoms with E-state index < -0.39 is 0 Å². The van der Waals surface area contributed by atoms with E-state index in [0.717, 1.165) is 28.5 Å².